The summed E-state index contributed by atoms with van der Waals surface area (Å²) in [6.45, 7) is 1.60. The first-order valence-corrected chi connectivity index (χ1v) is 7.17. The Morgan fingerprint density at radius 3 is 2.94 bits per heavy atom. The van der Waals surface area contributed by atoms with Gasteiger partial charge in [0.2, 0.25) is 0 Å². The first-order valence-electron chi connectivity index (χ1n) is 6.38. The fourth-order valence-corrected chi connectivity index (χ4v) is 2.95. The van der Waals surface area contributed by atoms with E-state index in [0.717, 1.165) is 48.8 Å². The van der Waals surface area contributed by atoms with Gasteiger partial charge in [-0.05, 0) is 37.1 Å². The van der Waals surface area contributed by atoms with Gasteiger partial charge < -0.3 is 5.11 Å². The molecule has 2 rings (SSSR count). The highest BCUT2D eigenvalue weighted by Crippen LogP contribution is 2.21. The van der Waals surface area contributed by atoms with E-state index >= 15 is 0 Å². The zero-order valence-electron chi connectivity index (χ0n) is 10.3. The molecule has 0 amide bonds. The van der Waals surface area contributed by atoms with Gasteiger partial charge in [-0.3, -0.25) is 9.69 Å². The van der Waals surface area contributed by atoms with E-state index in [9.17, 15) is 9.90 Å². The van der Waals surface area contributed by atoms with Crippen LogP contribution in [0.5, 0.6) is 0 Å². The number of likely N-dealkylation sites (tertiary alicyclic amines) is 1. The molecule has 0 radical (unpaired) electrons. The van der Waals surface area contributed by atoms with E-state index < -0.39 is 5.97 Å². The van der Waals surface area contributed by atoms with E-state index in [-0.39, 0.29) is 6.04 Å². The van der Waals surface area contributed by atoms with Gasteiger partial charge in [-0.15, -0.1) is 0 Å². The molecular weight excluding hydrogens is 294 g/mol. The molecule has 18 heavy (non-hydrogen) atoms. The van der Waals surface area contributed by atoms with Crippen LogP contribution in [0.15, 0.2) is 28.7 Å². The van der Waals surface area contributed by atoms with Gasteiger partial charge in [0.05, 0.1) is 0 Å². The second-order valence-electron chi connectivity index (χ2n) is 4.80. The number of hydrogen-bond acceptors (Lipinski definition) is 2. The minimum Gasteiger partial charge on any atom is -0.480 e. The third-order valence-corrected chi connectivity index (χ3v) is 3.92. The zero-order valence-corrected chi connectivity index (χ0v) is 11.9. The molecule has 1 N–H and O–H groups in total. The SMILES string of the molecule is O=C(O)C1CCCCCN1Cc1cccc(Br)c1. The quantitative estimate of drug-likeness (QED) is 0.931. The Labute approximate surface area is 116 Å². The van der Waals surface area contributed by atoms with Crippen LogP contribution in [-0.2, 0) is 11.3 Å². The van der Waals surface area contributed by atoms with Gasteiger partial charge in [0, 0.05) is 11.0 Å². The van der Waals surface area contributed by atoms with Crippen molar-refractivity contribution in [2.45, 2.75) is 38.3 Å². The lowest BCUT2D eigenvalue weighted by Crippen LogP contribution is -2.40. The van der Waals surface area contributed by atoms with Crippen LogP contribution in [-0.4, -0.2) is 28.6 Å². The molecule has 1 fully saturated rings. The number of halogens is 1. The highest BCUT2D eigenvalue weighted by molar-refractivity contribution is 9.10. The molecule has 3 nitrogen and oxygen atoms in total. The van der Waals surface area contributed by atoms with Crippen molar-refractivity contribution < 1.29 is 9.90 Å². The van der Waals surface area contributed by atoms with Crippen LogP contribution in [0.1, 0.15) is 31.2 Å². The molecule has 4 heteroatoms. The molecule has 0 saturated carbocycles. The first-order chi connectivity index (χ1) is 8.66. The van der Waals surface area contributed by atoms with E-state index in [1.165, 1.54) is 0 Å². The summed E-state index contributed by atoms with van der Waals surface area (Å²) in [7, 11) is 0. The molecule has 1 saturated heterocycles. The molecule has 1 aliphatic rings. The Hall–Kier alpha value is -0.870. The standard InChI is InChI=1S/C14H18BrNO2/c15-12-6-4-5-11(9-12)10-16-8-3-1-2-7-13(16)14(17)18/h4-6,9,13H,1-3,7-8,10H2,(H,17,18). The number of benzene rings is 1. The average molecular weight is 312 g/mol. The molecule has 98 valence electrons. The number of aliphatic carboxylic acids is 1. The summed E-state index contributed by atoms with van der Waals surface area (Å²) in [5, 5.41) is 9.32. The minimum absolute atomic E-state index is 0.327. The van der Waals surface area contributed by atoms with Crippen LogP contribution in [0.2, 0.25) is 0 Å². The number of carbonyl (C=O) groups is 1. The largest absolute Gasteiger partial charge is 0.480 e. The monoisotopic (exact) mass is 311 g/mol. The van der Waals surface area contributed by atoms with E-state index in [0.29, 0.717) is 0 Å². The zero-order chi connectivity index (χ0) is 13.0. The van der Waals surface area contributed by atoms with Crippen molar-refractivity contribution in [3.63, 3.8) is 0 Å². The fraction of sp³-hybridized carbons (Fsp3) is 0.500. The number of nitrogens with zero attached hydrogens (tertiary/aromatic N) is 1. The summed E-state index contributed by atoms with van der Waals surface area (Å²) in [6.07, 6.45) is 4.02. The lowest BCUT2D eigenvalue weighted by Gasteiger charge is -2.26. The molecule has 0 spiro atoms. The predicted molar refractivity (Wildman–Crippen MR) is 74.4 cm³/mol. The van der Waals surface area contributed by atoms with E-state index in [1.807, 2.05) is 12.1 Å². The highest BCUT2D eigenvalue weighted by atomic mass is 79.9. The Morgan fingerprint density at radius 2 is 2.22 bits per heavy atom. The van der Waals surface area contributed by atoms with Crippen LogP contribution in [0, 0.1) is 0 Å². The summed E-state index contributed by atoms with van der Waals surface area (Å²) in [4.78, 5) is 13.4. The van der Waals surface area contributed by atoms with Crippen molar-refractivity contribution in [3.8, 4) is 0 Å². The van der Waals surface area contributed by atoms with Crippen molar-refractivity contribution in [2.24, 2.45) is 0 Å². The Kier molecular flexibility index (Phi) is 4.78. The molecule has 1 aromatic carbocycles. The second-order valence-corrected chi connectivity index (χ2v) is 5.72. The van der Waals surface area contributed by atoms with Gasteiger partial charge in [0.1, 0.15) is 6.04 Å². The van der Waals surface area contributed by atoms with Gasteiger partial charge in [-0.25, -0.2) is 0 Å². The van der Waals surface area contributed by atoms with Crippen molar-refractivity contribution in [2.75, 3.05) is 6.54 Å². The van der Waals surface area contributed by atoms with Gasteiger partial charge in [-0.1, -0.05) is 40.9 Å². The normalized spacial score (nSPS) is 21.5. The lowest BCUT2D eigenvalue weighted by atomic mass is 10.1. The van der Waals surface area contributed by atoms with Gasteiger partial charge in [0.25, 0.3) is 0 Å². The predicted octanol–water partition coefficient (Wildman–Crippen LogP) is 3.28. The first kappa shape index (κ1) is 13.6. The maximum atomic E-state index is 11.3. The molecule has 0 aliphatic carbocycles. The third kappa shape index (κ3) is 3.56. The maximum Gasteiger partial charge on any atom is 0.320 e. The summed E-state index contributed by atoms with van der Waals surface area (Å²) in [5.41, 5.74) is 1.16. The van der Waals surface area contributed by atoms with Crippen molar-refractivity contribution in [1.29, 1.82) is 0 Å². The lowest BCUT2D eigenvalue weighted by molar-refractivity contribution is -0.143. The van der Waals surface area contributed by atoms with Crippen LogP contribution < -0.4 is 0 Å². The molecule has 1 heterocycles. The molecular formula is C14H18BrNO2. The van der Waals surface area contributed by atoms with Gasteiger partial charge in [-0.2, -0.15) is 0 Å². The maximum absolute atomic E-state index is 11.3. The molecule has 1 aliphatic heterocycles. The third-order valence-electron chi connectivity index (χ3n) is 3.42. The minimum atomic E-state index is -0.688. The number of carboxylic acids is 1. The summed E-state index contributed by atoms with van der Waals surface area (Å²) in [5.74, 6) is -0.688. The molecule has 1 unspecified atom stereocenters. The highest BCUT2D eigenvalue weighted by Gasteiger charge is 2.26. The molecule has 1 aromatic rings. The van der Waals surface area contributed by atoms with Crippen LogP contribution in [0.3, 0.4) is 0 Å². The molecule has 0 aromatic heterocycles. The van der Waals surface area contributed by atoms with E-state index in [1.54, 1.807) is 0 Å². The Balaban J connectivity index is 2.11. The second kappa shape index (κ2) is 6.34. The summed E-state index contributed by atoms with van der Waals surface area (Å²) < 4.78 is 1.04. The van der Waals surface area contributed by atoms with Gasteiger partial charge >= 0.3 is 5.97 Å². The van der Waals surface area contributed by atoms with Crippen LogP contribution >= 0.6 is 15.9 Å². The Bertz CT molecular complexity index is 422. The Morgan fingerprint density at radius 1 is 1.39 bits per heavy atom. The topological polar surface area (TPSA) is 40.5 Å². The summed E-state index contributed by atoms with van der Waals surface area (Å²) >= 11 is 3.45. The summed E-state index contributed by atoms with van der Waals surface area (Å²) in [6, 6.07) is 7.76. The van der Waals surface area contributed by atoms with Crippen molar-refractivity contribution >= 4 is 21.9 Å². The van der Waals surface area contributed by atoms with Gasteiger partial charge in [0.15, 0.2) is 0 Å². The van der Waals surface area contributed by atoms with Crippen LogP contribution in [0.25, 0.3) is 0 Å². The molecule has 0 bridgehead atoms. The van der Waals surface area contributed by atoms with Crippen LogP contribution in [0.4, 0.5) is 0 Å². The van der Waals surface area contributed by atoms with Crippen molar-refractivity contribution in [3.05, 3.63) is 34.3 Å². The average Bonchev–Trinajstić information content (AvgIpc) is 2.54. The van der Waals surface area contributed by atoms with E-state index in [2.05, 4.69) is 33.0 Å². The molecule has 1 atom stereocenters. The number of rotatable bonds is 3. The van der Waals surface area contributed by atoms with Crippen molar-refractivity contribution in [1.82, 2.24) is 4.90 Å². The van der Waals surface area contributed by atoms with E-state index in [4.69, 9.17) is 0 Å². The fourth-order valence-electron chi connectivity index (χ4n) is 2.51. The smallest absolute Gasteiger partial charge is 0.320 e. The number of hydrogen-bond donors (Lipinski definition) is 1. The number of carboxylic acid groups (broad SMARTS) is 1.